The Bertz CT molecular complexity index is 337. The average molecular weight is 215 g/mol. The number of carbonyl (C=O) groups is 1. The highest BCUT2D eigenvalue weighted by molar-refractivity contribution is 6.32. The number of benzene rings is 1. The van der Waals surface area contributed by atoms with Gasteiger partial charge in [-0.05, 0) is 31.5 Å². The topological polar surface area (TPSA) is 46.5 Å². The van der Waals surface area contributed by atoms with E-state index in [1.165, 1.54) is 6.07 Å². The second kappa shape index (κ2) is 4.33. The molecule has 0 radical (unpaired) electrons. The minimum absolute atomic E-state index is 0.177. The lowest BCUT2D eigenvalue weighted by Crippen LogP contribution is -2.00. The summed E-state index contributed by atoms with van der Waals surface area (Å²) >= 11 is 5.87. The lowest BCUT2D eigenvalue weighted by Gasteiger charge is -2.09. The number of aromatic carboxylic acids is 1. The SMILES string of the molecule is CCOc1c(C)cc(C(=O)O)cc1Cl. The fourth-order valence-corrected chi connectivity index (χ4v) is 1.50. The third-order valence-corrected chi connectivity index (χ3v) is 2.05. The molecule has 76 valence electrons. The first-order valence-electron chi connectivity index (χ1n) is 4.22. The van der Waals surface area contributed by atoms with E-state index in [9.17, 15) is 4.79 Å². The number of carboxylic acids is 1. The van der Waals surface area contributed by atoms with Crippen LogP contribution in [0, 0.1) is 6.92 Å². The molecule has 0 heterocycles. The Labute approximate surface area is 87.3 Å². The van der Waals surface area contributed by atoms with E-state index in [2.05, 4.69) is 0 Å². The lowest BCUT2D eigenvalue weighted by molar-refractivity contribution is 0.0696. The van der Waals surface area contributed by atoms with Crippen LogP contribution in [0.25, 0.3) is 0 Å². The van der Waals surface area contributed by atoms with Crippen molar-refractivity contribution in [1.82, 2.24) is 0 Å². The molecular weight excluding hydrogens is 204 g/mol. The molecule has 14 heavy (non-hydrogen) atoms. The van der Waals surface area contributed by atoms with Crippen molar-refractivity contribution in [2.45, 2.75) is 13.8 Å². The monoisotopic (exact) mass is 214 g/mol. The number of rotatable bonds is 3. The first-order valence-corrected chi connectivity index (χ1v) is 4.60. The Morgan fingerprint density at radius 2 is 2.21 bits per heavy atom. The van der Waals surface area contributed by atoms with Gasteiger partial charge < -0.3 is 9.84 Å². The van der Waals surface area contributed by atoms with E-state index in [4.69, 9.17) is 21.4 Å². The summed E-state index contributed by atoms with van der Waals surface area (Å²) in [6.45, 7) is 4.12. The van der Waals surface area contributed by atoms with Crippen molar-refractivity contribution >= 4 is 17.6 Å². The maximum Gasteiger partial charge on any atom is 0.335 e. The number of carboxylic acid groups (broad SMARTS) is 1. The van der Waals surface area contributed by atoms with Crippen molar-refractivity contribution in [2.75, 3.05) is 6.61 Å². The third-order valence-electron chi connectivity index (χ3n) is 1.76. The van der Waals surface area contributed by atoms with E-state index >= 15 is 0 Å². The Hall–Kier alpha value is -1.22. The van der Waals surface area contributed by atoms with Crippen LogP contribution in [0.4, 0.5) is 0 Å². The molecule has 0 atom stereocenters. The quantitative estimate of drug-likeness (QED) is 0.842. The number of ether oxygens (including phenoxy) is 1. The zero-order chi connectivity index (χ0) is 10.7. The minimum Gasteiger partial charge on any atom is -0.492 e. The average Bonchev–Trinajstić information content (AvgIpc) is 2.10. The van der Waals surface area contributed by atoms with Gasteiger partial charge in [0.05, 0.1) is 17.2 Å². The van der Waals surface area contributed by atoms with Gasteiger partial charge in [0.25, 0.3) is 0 Å². The fraction of sp³-hybridized carbons (Fsp3) is 0.300. The van der Waals surface area contributed by atoms with Gasteiger partial charge in [-0.25, -0.2) is 4.79 Å². The van der Waals surface area contributed by atoms with Crippen LogP contribution in [-0.2, 0) is 0 Å². The summed E-state index contributed by atoms with van der Waals surface area (Å²) in [6.07, 6.45) is 0. The predicted molar refractivity (Wildman–Crippen MR) is 54.3 cm³/mol. The van der Waals surface area contributed by atoms with Crippen LogP contribution in [0.1, 0.15) is 22.8 Å². The molecule has 0 saturated carbocycles. The first-order chi connectivity index (χ1) is 6.56. The minimum atomic E-state index is -0.988. The van der Waals surface area contributed by atoms with Crippen molar-refractivity contribution in [3.8, 4) is 5.75 Å². The van der Waals surface area contributed by atoms with E-state index in [1.54, 1.807) is 13.0 Å². The van der Waals surface area contributed by atoms with E-state index in [0.29, 0.717) is 17.4 Å². The van der Waals surface area contributed by atoms with E-state index in [-0.39, 0.29) is 5.56 Å². The summed E-state index contributed by atoms with van der Waals surface area (Å²) in [5.41, 5.74) is 0.910. The van der Waals surface area contributed by atoms with Crippen LogP contribution in [0.2, 0.25) is 5.02 Å². The lowest BCUT2D eigenvalue weighted by atomic mass is 10.1. The number of hydrogen-bond donors (Lipinski definition) is 1. The summed E-state index contributed by atoms with van der Waals surface area (Å²) in [4.78, 5) is 10.7. The molecule has 0 aromatic heterocycles. The molecule has 0 aliphatic heterocycles. The second-order valence-electron chi connectivity index (χ2n) is 2.84. The first kappa shape index (κ1) is 10.9. The van der Waals surface area contributed by atoms with Crippen LogP contribution in [-0.4, -0.2) is 17.7 Å². The van der Waals surface area contributed by atoms with Gasteiger partial charge >= 0.3 is 5.97 Å². The van der Waals surface area contributed by atoms with Crippen molar-refractivity contribution in [3.05, 3.63) is 28.3 Å². The predicted octanol–water partition coefficient (Wildman–Crippen LogP) is 2.75. The molecule has 0 saturated heterocycles. The molecule has 0 spiro atoms. The zero-order valence-electron chi connectivity index (χ0n) is 8.00. The number of hydrogen-bond acceptors (Lipinski definition) is 2. The summed E-state index contributed by atoms with van der Waals surface area (Å²) in [7, 11) is 0. The van der Waals surface area contributed by atoms with Crippen molar-refractivity contribution < 1.29 is 14.6 Å². The second-order valence-corrected chi connectivity index (χ2v) is 3.25. The molecule has 0 bridgehead atoms. The Morgan fingerprint density at radius 3 is 2.64 bits per heavy atom. The summed E-state index contributed by atoms with van der Waals surface area (Å²) in [5, 5.41) is 9.09. The van der Waals surface area contributed by atoms with Gasteiger partial charge in [0.15, 0.2) is 0 Å². The molecule has 1 N–H and O–H groups in total. The van der Waals surface area contributed by atoms with Gasteiger partial charge in [-0.2, -0.15) is 0 Å². The molecule has 0 amide bonds. The van der Waals surface area contributed by atoms with Crippen LogP contribution in [0.5, 0.6) is 5.75 Å². The van der Waals surface area contributed by atoms with Gasteiger partial charge in [0.1, 0.15) is 5.75 Å². The normalized spacial score (nSPS) is 9.93. The van der Waals surface area contributed by atoms with Gasteiger partial charge in [-0.3, -0.25) is 0 Å². The van der Waals surface area contributed by atoms with Crippen LogP contribution in [0.3, 0.4) is 0 Å². The number of aryl methyl sites for hydroxylation is 1. The van der Waals surface area contributed by atoms with Gasteiger partial charge in [0.2, 0.25) is 0 Å². The highest BCUT2D eigenvalue weighted by atomic mass is 35.5. The maximum atomic E-state index is 10.7. The van der Waals surface area contributed by atoms with Gasteiger partial charge in [0, 0.05) is 0 Å². The molecule has 1 rings (SSSR count). The Balaban J connectivity index is 3.18. The highest BCUT2D eigenvalue weighted by Crippen LogP contribution is 2.29. The molecule has 0 unspecified atom stereocenters. The molecule has 0 aliphatic carbocycles. The van der Waals surface area contributed by atoms with E-state index < -0.39 is 5.97 Å². The molecule has 0 aliphatic rings. The summed E-state index contributed by atoms with van der Waals surface area (Å²) < 4.78 is 5.28. The third kappa shape index (κ3) is 2.17. The molecule has 3 nitrogen and oxygen atoms in total. The zero-order valence-corrected chi connectivity index (χ0v) is 8.76. The Morgan fingerprint density at radius 1 is 1.57 bits per heavy atom. The summed E-state index contributed by atoms with van der Waals surface area (Å²) in [6, 6.07) is 2.93. The highest BCUT2D eigenvalue weighted by Gasteiger charge is 2.11. The maximum absolute atomic E-state index is 10.7. The molecule has 1 aromatic rings. The van der Waals surface area contributed by atoms with E-state index in [0.717, 1.165) is 5.56 Å². The fourth-order valence-electron chi connectivity index (χ4n) is 1.18. The summed E-state index contributed by atoms with van der Waals surface area (Å²) in [5.74, 6) is -0.433. The molecule has 0 fully saturated rings. The van der Waals surface area contributed by atoms with Crippen LogP contribution < -0.4 is 4.74 Å². The number of halogens is 1. The van der Waals surface area contributed by atoms with Crippen molar-refractivity contribution in [3.63, 3.8) is 0 Å². The van der Waals surface area contributed by atoms with Gasteiger partial charge in [-0.1, -0.05) is 11.6 Å². The van der Waals surface area contributed by atoms with Crippen molar-refractivity contribution in [2.24, 2.45) is 0 Å². The molecule has 1 aromatic carbocycles. The molecular formula is C10H11ClO3. The van der Waals surface area contributed by atoms with Crippen LogP contribution >= 0.6 is 11.6 Å². The smallest absolute Gasteiger partial charge is 0.335 e. The molecule has 4 heteroatoms. The Kier molecular flexibility index (Phi) is 3.36. The van der Waals surface area contributed by atoms with Crippen molar-refractivity contribution in [1.29, 1.82) is 0 Å². The van der Waals surface area contributed by atoms with E-state index in [1.807, 2.05) is 6.92 Å². The van der Waals surface area contributed by atoms with Gasteiger partial charge in [-0.15, -0.1) is 0 Å². The van der Waals surface area contributed by atoms with Crippen LogP contribution in [0.15, 0.2) is 12.1 Å². The standard InChI is InChI=1S/C10H11ClO3/c1-3-14-9-6(2)4-7(10(12)13)5-8(9)11/h4-5H,3H2,1-2H3,(H,12,13). The largest absolute Gasteiger partial charge is 0.492 e.